The molecule has 3 atom stereocenters. The van der Waals surface area contributed by atoms with Gasteiger partial charge >= 0.3 is 0 Å². The van der Waals surface area contributed by atoms with Crippen LogP contribution in [0.4, 0.5) is 11.4 Å². The molecule has 0 bridgehead atoms. The molecule has 0 radical (unpaired) electrons. The predicted molar refractivity (Wildman–Crippen MR) is 187 cm³/mol. The molecule has 2 heteroatoms. The molecule has 2 aliphatic carbocycles. The molecule has 1 aromatic heterocycles. The van der Waals surface area contributed by atoms with Gasteiger partial charge in [-0.2, -0.15) is 0 Å². The number of anilines is 2. The van der Waals surface area contributed by atoms with E-state index in [9.17, 15) is 0 Å². The predicted octanol–water partition coefficient (Wildman–Crippen LogP) is 11.7. The zero-order valence-electron chi connectivity index (χ0n) is 24.3. The van der Waals surface area contributed by atoms with Crippen LogP contribution in [0.15, 0.2) is 146 Å². The molecule has 1 heterocycles. The molecule has 3 unspecified atom stereocenters. The Morgan fingerprint density at radius 2 is 1.56 bits per heavy atom. The summed E-state index contributed by atoms with van der Waals surface area (Å²) in [5, 5.41) is 2.66. The van der Waals surface area contributed by atoms with E-state index in [-0.39, 0.29) is 6.04 Å². The Kier molecular flexibility index (Phi) is 6.39. The van der Waals surface area contributed by atoms with Crippen molar-refractivity contribution in [3.8, 4) is 11.1 Å². The number of benzene rings is 5. The van der Waals surface area contributed by atoms with Gasteiger partial charge in [0.25, 0.3) is 0 Å². The van der Waals surface area contributed by atoms with Crippen LogP contribution >= 0.6 is 11.3 Å². The minimum Gasteiger partial charge on any atom is -0.333 e. The molecule has 0 saturated heterocycles. The summed E-state index contributed by atoms with van der Waals surface area (Å²) >= 11 is 1.90. The Morgan fingerprint density at radius 3 is 2.40 bits per heavy atom. The minimum atomic E-state index is 0.189. The van der Waals surface area contributed by atoms with E-state index in [1.807, 2.05) is 11.3 Å². The van der Waals surface area contributed by atoms with Crippen LogP contribution < -0.4 is 4.90 Å². The second-order valence-corrected chi connectivity index (χ2v) is 12.8. The van der Waals surface area contributed by atoms with E-state index in [0.29, 0.717) is 11.8 Å². The van der Waals surface area contributed by atoms with Crippen LogP contribution in [-0.2, 0) is 0 Å². The van der Waals surface area contributed by atoms with Crippen LogP contribution in [-0.4, -0.2) is 6.04 Å². The maximum Gasteiger partial charge on any atom is 0.0598 e. The topological polar surface area (TPSA) is 3.24 Å². The molecule has 2 aliphatic rings. The number of hydrogen-bond acceptors (Lipinski definition) is 2. The van der Waals surface area contributed by atoms with Gasteiger partial charge in [0, 0.05) is 27.1 Å². The van der Waals surface area contributed by atoms with Crippen LogP contribution in [0.2, 0.25) is 0 Å². The molecule has 6 aromatic rings. The molecular formula is C41H33NS. The summed E-state index contributed by atoms with van der Waals surface area (Å²) in [7, 11) is 0. The first-order valence-corrected chi connectivity index (χ1v) is 16.0. The second kappa shape index (κ2) is 10.6. The van der Waals surface area contributed by atoms with Gasteiger partial charge in [0.2, 0.25) is 0 Å². The Balaban J connectivity index is 1.31. The maximum atomic E-state index is 4.25. The summed E-state index contributed by atoms with van der Waals surface area (Å²) in [5.41, 5.74) is 10.5. The van der Waals surface area contributed by atoms with Crippen LogP contribution in [0.5, 0.6) is 0 Å². The zero-order chi connectivity index (χ0) is 28.9. The number of hydrogen-bond donors (Lipinski definition) is 0. The van der Waals surface area contributed by atoms with E-state index in [4.69, 9.17) is 0 Å². The molecule has 1 nitrogen and oxygen atoms in total. The van der Waals surface area contributed by atoms with Crippen LogP contribution in [0.25, 0.3) is 36.9 Å². The van der Waals surface area contributed by atoms with Crippen molar-refractivity contribution in [3.63, 3.8) is 0 Å². The van der Waals surface area contributed by atoms with Crippen molar-refractivity contribution in [3.05, 3.63) is 163 Å². The Morgan fingerprint density at radius 1 is 0.767 bits per heavy atom. The first-order chi connectivity index (χ1) is 21.2. The Bertz CT molecular complexity index is 2060. The van der Waals surface area contributed by atoms with E-state index in [2.05, 4.69) is 158 Å². The van der Waals surface area contributed by atoms with E-state index in [1.165, 1.54) is 64.9 Å². The minimum absolute atomic E-state index is 0.189. The average molecular weight is 572 g/mol. The standard InChI is InChI=1S/C41H33NS/c1-3-32-27(2)33-14-7-8-15-34(33)38-26-31(24-25-35(32)38)42(30-22-20-29(21-23-30)28-12-5-4-6-13-28)39-18-11-17-37-36-16-9-10-19-40(36)43-41(37)39/h3-22,24-27,30,32H,1,23H2,2H3. The van der Waals surface area contributed by atoms with Crippen molar-refractivity contribution < 1.29 is 0 Å². The molecule has 208 valence electrons. The fraction of sp³-hybridized carbons (Fsp3) is 0.122. The van der Waals surface area contributed by atoms with Crippen molar-refractivity contribution in [2.75, 3.05) is 4.90 Å². The molecule has 8 rings (SSSR count). The molecule has 0 N–H and O–H groups in total. The van der Waals surface area contributed by atoms with Crippen molar-refractivity contribution in [1.29, 1.82) is 0 Å². The molecule has 0 aliphatic heterocycles. The molecule has 0 saturated carbocycles. The highest BCUT2D eigenvalue weighted by Crippen LogP contribution is 2.50. The zero-order valence-corrected chi connectivity index (χ0v) is 25.1. The number of allylic oxidation sites excluding steroid dienone is 3. The summed E-state index contributed by atoms with van der Waals surface area (Å²) in [6.07, 6.45) is 10.2. The molecule has 0 fully saturated rings. The van der Waals surface area contributed by atoms with E-state index < -0.39 is 0 Å². The lowest BCUT2D eigenvalue weighted by Crippen LogP contribution is -2.30. The van der Waals surface area contributed by atoms with Crippen LogP contribution in [0, 0.1) is 0 Å². The van der Waals surface area contributed by atoms with Gasteiger partial charge in [-0.25, -0.2) is 0 Å². The number of fused-ring (bicyclic) bond motifs is 6. The summed E-state index contributed by atoms with van der Waals surface area (Å²) in [5.74, 6) is 0.697. The SMILES string of the molecule is C=CC1c2ccc(N(c3cccc4c3sc3ccccc34)C3C=CC(c4ccccc4)=CC3)cc2-c2ccccc2C1C. The average Bonchev–Trinajstić information content (AvgIpc) is 3.46. The molecule has 5 aromatic carbocycles. The van der Waals surface area contributed by atoms with Gasteiger partial charge in [-0.3, -0.25) is 0 Å². The molecule has 0 amide bonds. The number of rotatable bonds is 5. The Hall–Kier alpha value is -4.66. The smallest absolute Gasteiger partial charge is 0.0598 e. The maximum absolute atomic E-state index is 4.25. The highest BCUT2D eigenvalue weighted by atomic mass is 32.1. The summed E-state index contributed by atoms with van der Waals surface area (Å²) in [6, 6.07) is 42.6. The van der Waals surface area contributed by atoms with E-state index in [0.717, 1.165) is 6.42 Å². The van der Waals surface area contributed by atoms with E-state index >= 15 is 0 Å². The lowest BCUT2D eigenvalue weighted by Gasteiger charge is -2.36. The lowest BCUT2D eigenvalue weighted by atomic mass is 9.72. The highest BCUT2D eigenvalue weighted by molar-refractivity contribution is 7.26. The van der Waals surface area contributed by atoms with Gasteiger partial charge in [0.05, 0.1) is 16.4 Å². The summed E-state index contributed by atoms with van der Waals surface area (Å²) < 4.78 is 2.67. The third kappa shape index (κ3) is 4.28. The fourth-order valence-corrected chi connectivity index (χ4v) is 8.44. The lowest BCUT2D eigenvalue weighted by molar-refractivity contribution is 0.668. The normalized spacial score (nSPS) is 19.1. The summed E-state index contributed by atoms with van der Waals surface area (Å²) in [6.45, 7) is 6.58. The van der Waals surface area contributed by atoms with Gasteiger partial charge in [0.15, 0.2) is 0 Å². The monoisotopic (exact) mass is 571 g/mol. The number of nitrogens with zero attached hydrogens (tertiary/aromatic N) is 1. The van der Waals surface area contributed by atoms with Gasteiger partial charge in [-0.05, 0) is 70.0 Å². The number of thiophene rings is 1. The molecule has 43 heavy (non-hydrogen) atoms. The van der Waals surface area contributed by atoms with Crippen molar-refractivity contribution in [2.24, 2.45) is 0 Å². The van der Waals surface area contributed by atoms with Gasteiger partial charge < -0.3 is 4.90 Å². The van der Waals surface area contributed by atoms with Crippen molar-refractivity contribution in [1.82, 2.24) is 0 Å². The third-order valence-corrected chi connectivity index (χ3v) is 10.6. The Labute approximate surface area is 257 Å². The van der Waals surface area contributed by atoms with Gasteiger partial charge in [-0.15, -0.1) is 17.9 Å². The largest absolute Gasteiger partial charge is 0.333 e. The van der Waals surface area contributed by atoms with Crippen LogP contribution in [0.3, 0.4) is 0 Å². The van der Waals surface area contributed by atoms with Crippen molar-refractivity contribution in [2.45, 2.75) is 31.2 Å². The highest BCUT2D eigenvalue weighted by Gasteiger charge is 2.31. The van der Waals surface area contributed by atoms with E-state index in [1.54, 1.807) is 0 Å². The first kappa shape index (κ1) is 26.0. The fourth-order valence-electron chi connectivity index (χ4n) is 7.23. The summed E-state index contributed by atoms with van der Waals surface area (Å²) in [4.78, 5) is 2.58. The first-order valence-electron chi connectivity index (χ1n) is 15.2. The third-order valence-electron chi connectivity index (χ3n) is 9.37. The molecular weight excluding hydrogens is 539 g/mol. The van der Waals surface area contributed by atoms with Gasteiger partial charge in [-0.1, -0.05) is 122 Å². The quantitative estimate of drug-likeness (QED) is 0.186. The second-order valence-electron chi connectivity index (χ2n) is 11.7. The van der Waals surface area contributed by atoms with Gasteiger partial charge in [0.1, 0.15) is 0 Å². The van der Waals surface area contributed by atoms with Crippen LogP contribution in [0.1, 0.15) is 41.9 Å². The molecule has 0 spiro atoms. The van der Waals surface area contributed by atoms with Crippen molar-refractivity contribution >= 4 is 48.5 Å².